The number of hydrogen-bond acceptors (Lipinski definition) is 3. The quantitative estimate of drug-likeness (QED) is 0.920. The topological polar surface area (TPSA) is 74.7 Å². The van der Waals surface area contributed by atoms with Crippen LogP contribution in [0.25, 0.3) is 0 Å². The van der Waals surface area contributed by atoms with Gasteiger partial charge in [0.15, 0.2) is 0 Å². The van der Waals surface area contributed by atoms with E-state index in [1.165, 1.54) is 6.07 Å². The van der Waals surface area contributed by atoms with Gasteiger partial charge in [0.05, 0.1) is 0 Å². The van der Waals surface area contributed by atoms with Crippen LogP contribution in [-0.4, -0.2) is 36.4 Å². The molecule has 0 spiro atoms. The molecule has 1 aromatic carbocycles. The molecule has 2 rings (SSSR count). The van der Waals surface area contributed by atoms with E-state index in [1.807, 2.05) is 0 Å². The van der Waals surface area contributed by atoms with Gasteiger partial charge in [-0.05, 0) is 37.0 Å². The molecule has 0 radical (unpaired) electrons. The van der Waals surface area contributed by atoms with Crippen LogP contribution in [0, 0.1) is 11.7 Å². The van der Waals surface area contributed by atoms with Gasteiger partial charge in [0.2, 0.25) is 10.0 Å². The molecule has 116 valence electrons. The Hall–Kier alpha value is -1.18. The van der Waals surface area contributed by atoms with E-state index in [-0.39, 0.29) is 17.5 Å². The van der Waals surface area contributed by atoms with Gasteiger partial charge in [-0.1, -0.05) is 18.5 Å². The lowest BCUT2D eigenvalue weighted by molar-refractivity contribution is -0.144. The summed E-state index contributed by atoms with van der Waals surface area (Å²) in [6, 6.07) is 2.04. The average Bonchev–Trinajstić information content (AvgIpc) is 2.37. The fourth-order valence-corrected chi connectivity index (χ4v) is 4.52. The first-order valence-electron chi connectivity index (χ1n) is 6.45. The molecule has 8 heteroatoms. The number of carboxylic acid groups (broad SMARTS) is 1. The molecule has 2 atom stereocenters. The molecule has 1 aliphatic rings. The molecule has 0 saturated carbocycles. The van der Waals surface area contributed by atoms with Gasteiger partial charge >= 0.3 is 5.97 Å². The SMILES string of the molecule is CC1CCCN(S(=O)(=O)c2ccc(Cl)cc2F)C1C(=O)O. The second-order valence-corrected chi connectivity index (χ2v) is 7.39. The molecular formula is C13H15ClFNO4S. The Morgan fingerprint density at radius 3 is 2.71 bits per heavy atom. The van der Waals surface area contributed by atoms with Crippen molar-refractivity contribution in [3.63, 3.8) is 0 Å². The number of benzene rings is 1. The van der Waals surface area contributed by atoms with Crippen molar-refractivity contribution < 1.29 is 22.7 Å². The van der Waals surface area contributed by atoms with Crippen molar-refractivity contribution in [1.29, 1.82) is 0 Å². The molecule has 5 nitrogen and oxygen atoms in total. The van der Waals surface area contributed by atoms with Crippen molar-refractivity contribution in [2.75, 3.05) is 6.54 Å². The minimum absolute atomic E-state index is 0.0612. The van der Waals surface area contributed by atoms with E-state index < -0.39 is 32.7 Å². The first-order chi connectivity index (χ1) is 9.75. The van der Waals surface area contributed by atoms with Gasteiger partial charge in [0.25, 0.3) is 0 Å². The smallest absolute Gasteiger partial charge is 0.322 e. The zero-order valence-corrected chi connectivity index (χ0v) is 12.9. The standard InChI is InChI=1S/C13H15ClFNO4S/c1-8-3-2-6-16(12(8)13(17)18)21(19,20)11-5-4-9(14)7-10(11)15/h4-5,7-8,12H,2-3,6H2,1H3,(H,17,18). The molecule has 1 aromatic rings. The van der Waals surface area contributed by atoms with E-state index in [9.17, 15) is 22.7 Å². The van der Waals surface area contributed by atoms with Crippen LogP contribution in [0.1, 0.15) is 19.8 Å². The normalized spacial score (nSPS) is 24.0. The van der Waals surface area contributed by atoms with Crippen molar-refractivity contribution in [1.82, 2.24) is 4.31 Å². The van der Waals surface area contributed by atoms with Gasteiger partial charge in [-0.15, -0.1) is 0 Å². The highest BCUT2D eigenvalue weighted by atomic mass is 35.5. The van der Waals surface area contributed by atoms with Crippen LogP contribution >= 0.6 is 11.6 Å². The van der Waals surface area contributed by atoms with Crippen molar-refractivity contribution in [3.8, 4) is 0 Å². The minimum atomic E-state index is -4.22. The van der Waals surface area contributed by atoms with Crippen molar-refractivity contribution in [2.24, 2.45) is 5.92 Å². The van der Waals surface area contributed by atoms with Gasteiger partial charge in [-0.2, -0.15) is 4.31 Å². The molecule has 1 heterocycles. The highest BCUT2D eigenvalue weighted by molar-refractivity contribution is 7.89. The Balaban J connectivity index is 2.48. The lowest BCUT2D eigenvalue weighted by Crippen LogP contribution is -2.51. The summed E-state index contributed by atoms with van der Waals surface area (Å²) in [4.78, 5) is 10.8. The Bertz CT molecular complexity index is 664. The van der Waals surface area contributed by atoms with E-state index in [1.54, 1.807) is 6.92 Å². The molecule has 1 aliphatic heterocycles. The van der Waals surface area contributed by atoms with Crippen molar-refractivity contribution in [3.05, 3.63) is 29.0 Å². The maximum Gasteiger partial charge on any atom is 0.322 e. The number of rotatable bonds is 3. The molecule has 0 aromatic heterocycles. The van der Waals surface area contributed by atoms with Gasteiger partial charge < -0.3 is 5.11 Å². The number of aliphatic carboxylic acids is 1. The number of carboxylic acids is 1. The molecule has 0 bridgehead atoms. The third-order valence-electron chi connectivity index (χ3n) is 3.62. The minimum Gasteiger partial charge on any atom is -0.480 e. The molecule has 1 N–H and O–H groups in total. The average molecular weight is 336 g/mol. The lowest BCUT2D eigenvalue weighted by Gasteiger charge is -2.36. The van der Waals surface area contributed by atoms with Gasteiger partial charge in [0, 0.05) is 11.6 Å². The third-order valence-corrected chi connectivity index (χ3v) is 5.77. The zero-order chi connectivity index (χ0) is 15.8. The predicted octanol–water partition coefficient (Wildman–Crippen LogP) is 2.35. The fraction of sp³-hybridized carbons (Fsp3) is 0.462. The number of carbonyl (C=O) groups is 1. The zero-order valence-electron chi connectivity index (χ0n) is 11.3. The van der Waals surface area contributed by atoms with Crippen molar-refractivity contribution in [2.45, 2.75) is 30.7 Å². The number of piperidine rings is 1. The molecule has 2 unspecified atom stereocenters. The molecule has 1 fully saturated rings. The van der Waals surface area contributed by atoms with Gasteiger partial charge in [0.1, 0.15) is 16.8 Å². The molecular weight excluding hydrogens is 321 g/mol. The number of nitrogens with zero attached hydrogens (tertiary/aromatic N) is 1. The van der Waals surface area contributed by atoms with E-state index in [4.69, 9.17) is 11.6 Å². The maximum absolute atomic E-state index is 13.9. The van der Waals surface area contributed by atoms with Gasteiger partial charge in [-0.25, -0.2) is 12.8 Å². The Labute approximate surface area is 127 Å². The Kier molecular flexibility index (Phi) is 4.55. The Morgan fingerprint density at radius 2 is 2.14 bits per heavy atom. The summed E-state index contributed by atoms with van der Waals surface area (Å²) in [6.07, 6.45) is 1.16. The maximum atomic E-state index is 13.9. The number of halogens is 2. The molecule has 21 heavy (non-hydrogen) atoms. The highest BCUT2D eigenvalue weighted by Gasteiger charge is 2.42. The second kappa shape index (κ2) is 5.90. The van der Waals surface area contributed by atoms with Crippen LogP contribution in [0.5, 0.6) is 0 Å². The summed E-state index contributed by atoms with van der Waals surface area (Å²) in [7, 11) is -4.22. The summed E-state index contributed by atoms with van der Waals surface area (Å²) in [5.74, 6) is -2.54. The number of hydrogen-bond donors (Lipinski definition) is 1. The van der Waals surface area contributed by atoms with Crippen LogP contribution in [0.2, 0.25) is 5.02 Å². The van der Waals surface area contributed by atoms with Crippen LogP contribution in [0.4, 0.5) is 4.39 Å². The van der Waals surface area contributed by atoms with Crippen molar-refractivity contribution >= 4 is 27.6 Å². The predicted molar refractivity (Wildman–Crippen MR) is 75.1 cm³/mol. The third kappa shape index (κ3) is 3.04. The number of sulfonamides is 1. The van der Waals surface area contributed by atoms with E-state index in [0.29, 0.717) is 12.8 Å². The van der Waals surface area contributed by atoms with E-state index in [0.717, 1.165) is 16.4 Å². The summed E-state index contributed by atoms with van der Waals surface area (Å²) in [6.45, 7) is 1.74. The summed E-state index contributed by atoms with van der Waals surface area (Å²) in [5, 5.41) is 9.36. The monoisotopic (exact) mass is 335 g/mol. The summed E-state index contributed by atoms with van der Waals surface area (Å²) in [5.41, 5.74) is 0. The lowest BCUT2D eigenvalue weighted by atomic mass is 9.93. The van der Waals surface area contributed by atoms with Crippen LogP contribution in [0.3, 0.4) is 0 Å². The van der Waals surface area contributed by atoms with Crippen LogP contribution < -0.4 is 0 Å². The molecule has 1 saturated heterocycles. The highest BCUT2D eigenvalue weighted by Crippen LogP contribution is 2.31. The van der Waals surface area contributed by atoms with Gasteiger partial charge in [-0.3, -0.25) is 4.79 Å². The molecule has 0 aliphatic carbocycles. The van der Waals surface area contributed by atoms with E-state index in [2.05, 4.69) is 0 Å². The van der Waals surface area contributed by atoms with E-state index >= 15 is 0 Å². The Morgan fingerprint density at radius 1 is 1.48 bits per heavy atom. The van der Waals surface area contributed by atoms with Crippen LogP contribution in [-0.2, 0) is 14.8 Å². The summed E-state index contributed by atoms with van der Waals surface area (Å²) >= 11 is 5.61. The summed E-state index contributed by atoms with van der Waals surface area (Å²) < 4.78 is 39.9. The van der Waals surface area contributed by atoms with Crippen LogP contribution in [0.15, 0.2) is 23.1 Å². The first kappa shape index (κ1) is 16.2. The molecule has 0 amide bonds. The fourth-order valence-electron chi connectivity index (χ4n) is 2.60. The first-order valence-corrected chi connectivity index (χ1v) is 8.26. The largest absolute Gasteiger partial charge is 0.480 e. The second-order valence-electron chi connectivity index (χ2n) is 5.09.